The van der Waals surface area contributed by atoms with Crippen molar-refractivity contribution in [3.8, 4) is 0 Å². The topological polar surface area (TPSA) is 67.3 Å². The van der Waals surface area contributed by atoms with Gasteiger partial charge in [0.15, 0.2) is 0 Å². The third-order valence-corrected chi connectivity index (χ3v) is 3.84. The van der Waals surface area contributed by atoms with Crippen molar-refractivity contribution in [3.63, 3.8) is 0 Å². The Balaban J connectivity index is 2.15. The standard InChI is InChI=1S/C14H20N4O2/c1-8(2)12-16-9(3)11-13(17-12)18-5-4-15-6-10(18)7-20-14(11)19/h8,10,15H,4-7H2,1-3H3. The summed E-state index contributed by atoms with van der Waals surface area (Å²) in [6, 6.07) is 0.156. The van der Waals surface area contributed by atoms with Crippen LogP contribution >= 0.6 is 0 Å². The molecule has 0 bridgehead atoms. The molecular weight excluding hydrogens is 256 g/mol. The van der Waals surface area contributed by atoms with Gasteiger partial charge in [0.1, 0.15) is 23.8 Å². The second-order valence-corrected chi connectivity index (χ2v) is 5.67. The van der Waals surface area contributed by atoms with Gasteiger partial charge in [-0.05, 0) is 6.92 Å². The van der Waals surface area contributed by atoms with Gasteiger partial charge in [0.25, 0.3) is 0 Å². The number of nitrogens with zero attached hydrogens (tertiary/aromatic N) is 3. The molecule has 20 heavy (non-hydrogen) atoms. The van der Waals surface area contributed by atoms with Crippen molar-refractivity contribution in [1.82, 2.24) is 15.3 Å². The number of nitrogens with one attached hydrogen (secondary N) is 1. The van der Waals surface area contributed by atoms with Gasteiger partial charge < -0.3 is 15.0 Å². The predicted molar refractivity (Wildman–Crippen MR) is 75.1 cm³/mol. The SMILES string of the molecule is Cc1nc(C(C)C)nc2c1C(=O)OCC1CNCCN21. The fourth-order valence-corrected chi connectivity index (χ4v) is 2.72. The van der Waals surface area contributed by atoms with Crippen molar-refractivity contribution in [3.05, 3.63) is 17.1 Å². The number of hydrogen-bond donors (Lipinski definition) is 1. The Labute approximate surface area is 118 Å². The summed E-state index contributed by atoms with van der Waals surface area (Å²) in [4.78, 5) is 23.5. The Morgan fingerprint density at radius 1 is 1.40 bits per heavy atom. The highest BCUT2D eigenvalue weighted by Gasteiger charge is 2.34. The summed E-state index contributed by atoms with van der Waals surface area (Å²) in [6.45, 7) is 8.92. The van der Waals surface area contributed by atoms with E-state index in [1.54, 1.807) is 0 Å². The molecule has 0 saturated carbocycles. The van der Waals surface area contributed by atoms with Crippen LogP contribution in [0.4, 0.5) is 5.82 Å². The van der Waals surface area contributed by atoms with E-state index in [-0.39, 0.29) is 17.9 Å². The number of rotatable bonds is 1. The smallest absolute Gasteiger partial charge is 0.343 e. The summed E-state index contributed by atoms with van der Waals surface area (Å²) < 4.78 is 5.38. The molecule has 0 aliphatic carbocycles. The van der Waals surface area contributed by atoms with Crippen molar-refractivity contribution >= 4 is 11.8 Å². The number of aromatic nitrogens is 2. The zero-order valence-corrected chi connectivity index (χ0v) is 12.1. The first-order chi connectivity index (χ1) is 9.58. The highest BCUT2D eigenvalue weighted by Crippen LogP contribution is 2.28. The minimum absolute atomic E-state index is 0.156. The van der Waals surface area contributed by atoms with Crippen LogP contribution in [0.3, 0.4) is 0 Å². The van der Waals surface area contributed by atoms with Crippen molar-refractivity contribution in [2.75, 3.05) is 31.1 Å². The maximum absolute atomic E-state index is 12.2. The molecule has 108 valence electrons. The molecule has 0 amide bonds. The number of cyclic esters (lactones) is 1. The molecule has 1 aromatic heterocycles. The minimum Gasteiger partial charge on any atom is -0.460 e. The molecule has 6 nitrogen and oxygen atoms in total. The van der Waals surface area contributed by atoms with E-state index >= 15 is 0 Å². The third-order valence-electron chi connectivity index (χ3n) is 3.84. The van der Waals surface area contributed by atoms with Crippen LogP contribution in [-0.2, 0) is 4.74 Å². The van der Waals surface area contributed by atoms with E-state index in [1.165, 1.54) is 0 Å². The number of carbonyl (C=O) groups is 1. The molecule has 1 unspecified atom stereocenters. The Bertz CT molecular complexity index is 544. The van der Waals surface area contributed by atoms with E-state index < -0.39 is 0 Å². The Kier molecular flexibility index (Phi) is 3.33. The number of hydrogen-bond acceptors (Lipinski definition) is 6. The molecule has 2 aliphatic rings. The van der Waals surface area contributed by atoms with Gasteiger partial charge in [-0.25, -0.2) is 14.8 Å². The molecule has 3 heterocycles. The van der Waals surface area contributed by atoms with Gasteiger partial charge in [0, 0.05) is 25.6 Å². The van der Waals surface area contributed by atoms with Gasteiger partial charge in [-0.15, -0.1) is 0 Å². The van der Waals surface area contributed by atoms with Crippen LogP contribution in [0, 0.1) is 6.92 Å². The molecule has 0 spiro atoms. The number of ether oxygens (including phenoxy) is 1. The Hall–Kier alpha value is -1.69. The first-order valence-electron chi connectivity index (χ1n) is 7.11. The van der Waals surface area contributed by atoms with Gasteiger partial charge in [-0.2, -0.15) is 0 Å². The summed E-state index contributed by atoms with van der Waals surface area (Å²) >= 11 is 0. The quantitative estimate of drug-likeness (QED) is 0.767. The second kappa shape index (κ2) is 5.01. The lowest BCUT2D eigenvalue weighted by atomic mass is 10.1. The maximum Gasteiger partial charge on any atom is 0.343 e. The summed E-state index contributed by atoms with van der Waals surface area (Å²) in [5, 5.41) is 3.33. The molecule has 1 saturated heterocycles. The number of anilines is 1. The zero-order chi connectivity index (χ0) is 14.3. The largest absolute Gasteiger partial charge is 0.460 e. The first-order valence-corrected chi connectivity index (χ1v) is 7.11. The summed E-state index contributed by atoms with van der Waals surface area (Å²) in [7, 11) is 0. The lowest BCUT2D eigenvalue weighted by Crippen LogP contribution is -2.53. The average Bonchev–Trinajstić information content (AvgIpc) is 2.57. The van der Waals surface area contributed by atoms with Crippen LogP contribution in [0.25, 0.3) is 0 Å². The number of piperazine rings is 1. The number of carbonyl (C=O) groups excluding carboxylic acids is 1. The van der Waals surface area contributed by atoms with Crippen LogP contribution in [0.15, 0.2) is 0 Å². The molecule has 0 aromatic carbocycles. The van der Waals surface area contributed by atoms with Crippen LogP contribution < -0.4 is 10.2 Å². The zero-order valence-electron chi connectivity index (χ0n) is 12.1. The maximum atomic E-state index is 12.2. The van der Waals surface area contributed by atoms with Crippen molar-refractivity contribution in [2.45, 2.75) is 32.7 Å². The number of fused-ring (bicyclic) bond motifs is 3. The molecule has 2 aliphatic heterocycles. The van der Waals surface area contributed by atoms with Crippen LogP contribution in [-0.4, -0.2) is 48.2 Å². The summed E-state index contributed by atoms with van der Waals surface area (Å²) in [6.07, 6.45) is 0. The molecule has 1 fully saturated rings. The summed E-state index contributed by atoms with van der Waals surface area (Å²) in [5.41, 5.74) is 1.24. The molecule has 3 rings (SSSR count). The van der Waals surface area contributed by atoms with Crippen LogP contribution in [0.2, 0.25) is 0 Å². The average molecular weight is 276 g/mol. The molecule has 1 atom stereocenters. The van der Waals surface area contributed by atoms with Gasteiger partial charge in [0.05, 0.1) is 11.7 Å². The minimum atomic E-state index is -0.304. The highest BCUT2D eigenvalue weighted by molar-refractivity contribution is 5.96. The Morgan fingerprint density at radius 3 is 2.95 bits per heavy atom. The lowest BCUT2D eigenvalue weighted by Gasteiger charge is -2.35. The highest BCUT2D eigenvalue weighted by atomic mass is 16.5. The summed E-state index contributed by atoms with van der Waals surface area (Å²) in [5.74, 6) is 1.46. The van der Waals surface area contributed by atoms with Gasteiger partial charge in [0.2, 0.25) is 0 Å². The lowest BCUT2D eigenvalue weighted by molar-refractivity contribution is 0.0488. The van der Waals surface area contributed by atoms with E-state index in [0.717, 1.165) is 31.3 Å². The Morgan fingerprint density at radius 2 is 2.20 bits per heavy atom. The normalized spacial score (nSPS) is 22.1. The second-order valence-electron chi connectivity index (χ2n) is 5.67. The van der Waals surface area contributed by atoms with E-state index in [0.29, 0.717) is 17.9 Å². The van der Waals surface area contributed by atoms with Crippen molar-refractivity contribution in [2.24, 2.45) is 0 Å². The first kappa shape index (κ1) is 13.3. The third kappa shape index (κ3) is 2.14. The molecular formula is C14H20N4O2. The fraction of sp³-hybridized carbons (Fsp3) is 0.643. The fourth-order valence-electron chi connectivity index (χ4n) is 2.72. The van der Waals surface area contributed by atoms with E-state index in [4.69, 9.17) is 4.74 Å². The van der Waals surface area contributed by atoms with Gasteiger partial charge in [-0.3, -0.25) is 0 Å². The number of esters is 1. The predicted octanol–water partition coefficient (Wildman–Crippen LogP) is 0.857. The van der Waals surface area contributed by atoms with Crippen molar-refractivity contribution < 1.29 is 9.53 Å². The van der Waals surface area contributed by atoms with E-state index in [1.807, 2.05) is 6.92 Å². The monoisotopic (exact) mass is 276 g/mol. The van der Waals surface area contributed by atoms with E-state index in [2.05, 4.69) is 34.0 Å². The van der Waals surface area contributed by atoms with Gasteiger partial charge in [-0.1, -0.05) is 13.8 Å². The molecule has 1 aromatic rings. The van der Waals surface area contributed by atoms with Gasteiger partial charge >= 0.3 is 5.97 Å². The number of aryl methyl sites for hydroxylation is 1. The van der Waals surface area contributed by atoms with Crippen LogP contribution in [0.5, 0.6) is 0 Å². The van der Waals surface area contributed by atoms with E-state index in [9.17, 15) is 4.79 Å². The van der Waals surface area contributed by atoms with Crippen LogP contribution in [0.1, 0.15) is 41.6 Å². The molecule has 6 heteroatoms. The van der Waals surface area contributed by atoms with Crippen molar-refractivity contribution in [1.29, 1.82) is 0 Å². The molecule has 1 N–H and O–H groups in total. The molecule has 0 radical (unpaired) electrons.